The number of aliphatic hydroxyl groups is 1. The van der Waals surface area contributed by atoms with Crippen LogP contribution in [0.15, 0.2) is 12.2 Å². The highest BCUT2D eigenvalue weighted by Crippen LogP contribution is 2.66. The van der Waals surface area contributed by atoms with Crippen molar-refractivity contribution in [2.75, 3.05) is 0 Å². The van der Waals surface area contributed by atoms with Gasteiger partial charge in [-0.05, 0) is 73.5 Å². The molecule has 22 heavy (non-hydrogen) atoms. The Balaban J connectivity index is 1.71. The molecular weight excluding hydrogens is 272 g/mol. The number of hydrogen-bond donors (Lipinski definition) is 1. The molecule has 0 aromatic rings. The van der Waals surface area contributed by atoms with E-state index in [2.05, 4.69) is 20.4 Å². The number of carbonyl (C=O) groups excluding carboxylic acids is 1. The molecule has 122 valence electrons. The van der Waals surface area contributed by atoms with Crippen LogP contribution in [0, 0.1) is 34.5 Å². The van der Waals surface area contributed by atoms with E-state index in [-0.39, 0.29) is 22.9 Å². The first-order valence-corrected chi connectivity index (χ1v) is 9.25. The predicted molar refractivity (Wildman–Crippen MR) is 87.3 cm³/mol. The summed E-state index contributed by atoms with van der Waals surface area (Å²) in [6.07, 6.45) is 8.20. The average molecular weight is 302 g/mol. The first-order valence-electron chi connectivity index (χ1n) is 9.25. The van der Waals surface area contributed by atoms with Crippen molar-refractivity contribution in [3.8, 4) is 0 Å². The van der Waals surface area contributed by atoms with Crippen LogP contribution >= 0.6 is 0 Å². The first kappa shape index (κ1) is 14.9. The van der Waals surface area contributed by atoms with Gasteiger partial charge in [0.05, 0.1) is 6.10 Å². The van der Waals surface area contributed by atoms with E-state index in [4.69, 9.17) is 0 Å². The summed E-state index contributed by atoms with van der Waals surface area (Å²) in [5, 5.41) is 10.1. The molecule has 7 atom stereocenters. The Kier molecular flexibility index (Phi) is 3.18. The molecule has 0 radical (unpaired) electrons. The molecule has 0 spiro atoms. The van der Waals surface area contributed by atoms with Crippen LogP contribution in [0.5, 0.6) is 0 Å². The number of rotatable bonds is 0. The predicted octanol–water partition coefficient (Wildman–Crippen LogP) is 4.13. The maximum absolute atomic E-state index is 13.2. The van der Waals surface area contributed by atoms with E-state index in [1.807, 2.05) is 0 Å². The van der Waals surface area contributed by atoms with Gasteiger partial charge in [-0.25, -0.2) is 0 Å². The van der Waals surface area contributed by atoms with Crippen LogP contribution in [0.25, 0.3) is 0 Å². The second-order valence-electron chi connectivity index (χ2n) is 9.16. The zero-order chi connectivity index (χ0) is 15.7. The smallest absolute Gasteiger partial charge is 0.137 e. The Hall–Kier alpha value is -0.630. The molecule has 0 aromatic carbocycles. The number of allylic oxidation sites excluding steroid dienone is 1. The van der Waals surface area contributed by atoms with Gasteiger partial charge >= 0.3 is 0 Å². The van der Waals surface area contributed by atoms with Crippen molar-refractivity contribution in [1.82, 2.24) is 0 Å². The standard InChI is InChI=1S/C20H30O2/c1-12-4-7-16-15-6-5-13-10-14(21)8-9-19(13,2)18(15)17(22)11-20(12,16)3/h13-16,18,21H,1,4-11H2,2-3H3/t13?,14-,15+,16+,18-,19+,20-/m1/s1. The summed E-state index contributed by atoms with van der Waals surface area (Å²) in [5.74, 6) is 2.56. The van der Waals surface area contributed by atoms with Gasteiger partial charge in [0.25, 0.3) is 0 Å². The number of carbonyl (C=O) groups is 1. The lowest BCUT2D eigenvalue weighted by molar-refractivity contribution is -0.157. The molecule has 0 saturated heterocycles. The van der Waals surface area contributed by atoms with Crippen molar-refractivity contribution in [2.24, 2.45) is 34.5 Å². The van der Waals surface area contributed by atoms with E-state index in [0.717, 1.165) is 32.1 Å². The molecule has 0 heterocycles. The SMILES string of the molecule is C=C1CC[C@H]2[C@@H]3CCC4C[C@H](O)CC[C@]4(C)[C@H]3C(=O)C[C@]12C. The Morgan fingerprint density at radius 2 is 1.95 bits per heavy atom. The molecule has 4 fully saturated rings. The van der Waals surface area contributed by atoms with Crippen molar-refractivity contribution in [1.29, 1.82) is 0 Å². The molecule has 4 rings (SSSR count). The van der Waals surface area contributed by atoms with Gasteiger partial charge in [0.2, 0.25) is 0 Å². The fourth-order valence-corrected chi connectivity index (χ4v) is 6.95. The van der Waals surface area contributed by atoms with Crippen LogP contribution in [0.4, 0.5) is 0 Å². The van der Waals surface area contributed by atoms with Crippen LogP contribution in [0.3, 0.4) is 0 Å². The lowest BCUT2D eigenvalue weighted by Crippen LogP contribution is -2.57. The van der Waals surface area contributed by atoms with Crippen molar-refractivity contribution < 1.29 is 9.90 Å². The molecule has 0 bridgehead atoms. The fourth-order valence-electron chi connectivity index (χ4n) is 6.95. The first-order chi connectivity index (χ1) is 10.4. The Morgan fingerprint density at radius 3 is 2.73 bits per heavy atom. The van der Waals surface area contributed by atoms with Gasteiger partial charge in [-0.1, -0.05) is 26.0 Å². The van der Waals surface area contributed by atoms with Gasteiger partial charge in [-0.3, -0.25) is 4.79 Å². The molecule has 1 unspecified atom stereocenters. The van der Waals surface area contributed by atoms with Crippen molar-refractivity contribution in [3.63, 3.8) is 0 Å². The van der Waals surface area contributed by atoms with E-state index in [9.17, 15) is 9.90 Å². The minimum Gasteiger partial charge on any atom is -0.393 e. The van der Waals surface area contributed by atoms with Gasteiger partial charge in [0, 0.05) is 12.3 Å². The third-order valence-corrected chi connectivity index (χ3v) is 8.28. The van der Waals surface area contributed by atoms with Crippen molar-refractivity contribution in [2.45, 2.75) is 71.3 Å². The zero-order valence-electron chi connectivity index (χ0n) is 14.1. The van der Waals surface area contributed by atoms with E-state index in [0.29, 0.717) is 23.5 Å². The van der Waals surface area contributed by atoms with E-state index >= 15 is 0 Å². The van der Waals surface area contributed by atoms with E-state index in [1.165, 1.54) is 24.8 Å². The molecule has 4 aliphatic carbocycles. The highest BCUT2D eigenvalue weighted by molar-refractivity contribution is 5.84. The third kappa shape index (κ3) is 1.79. The summed E-state index contributed by atoms with van der Waals surface area (Å²) >= 11 is 0. The Bertz CT molecular complexity index is 524. The van der Waals surface area contributed by atoms with Crippen LogP contribution < -0.4 is 0 Å². The molecule has 0 amide bonds. The van der Waals surface area contributed by atoms with Crippen molar-refractivity contribution >= 4 is 5.78 Å². The van der Waals surface area contributed by atoms with Gasteiger partial charge < -0.3 is 5.11 Å². The lowest BCUT2D eigenvalue weighted by atomic mass is 9.44. The number of aliphatic hydroxyl groups excluding tert-OH is 1. The zero-order valence-corrected chi connectivity index (χ0v) is 14.1. The number of ketones is 1. The summed E-state index contributed by atoms with van der Waals surface area (Å²) in [6, 6.07) is 0. The molecule has 4 aliphatic rings. The maximum Gasteiger partial charge on any atom is 0.137 e. The quantitative estimate of drug-likeness (QED) is 0.683. The lowest BCUT2D eigenvalue weighted by Gasteiger charge is -2.59. The largest absolute Gasteiger partial charge is 0.393 e. The molecular formula is C20H30O2. The molecule has 1 N–H and O–H groups in total. The summed E-state index contributed by atoms with van der Waals surface area (Å²) in [6.45, 7) is 8.98. The molecule has 0 aliphatic heterocycles. The molecule has 4 saturated carbocycles. The number of hydrogen-bond acceptors (Lipinski definition) is 2. The highest BCUT2D eigenvalue weighted by Gasteiger charge is 2.61. The second kappa shape index (κ2) is 4.69. The monoisotopic (exact) mass is 302 g/mol. The average Bonchev–Trinajstić information content (AvgIpc) is 2.75. The highest BCUT2D eigenvalue weighted by atomic mass is 16.3. The number of Topliss-reactive ketones (excluding diaryl/α,β-unsaturated/α-hetero) is 1. The topological polar surface area (TPSA) is 37.3 Å². The molecule has 0 aromatic heterocycles. The Morgan fingerprint density at radius 1 is 1.18 bits per heavy atom. The molecule has 2 nitrogen and oxygen atoms in total. The summed E-state index contributed by atoms with van der Waals surface area (Å²) < 4.78 is 0. The van der Waals surface area contributed by atoms with Crippen LogP contribution in [0.1, 0.15) is 65.2 Å². The van der Waals surface area contributed by atoms with Crippen molar-refractivity contribution in [3.05, 3.63) is 12.2 Å². The van der Waals surface area contributed by atoms with Gasteiger partial charge in [0.1, 0.15) is 5.78 Å². The fraction of sp³-hybridized carbons (Fsp3) is 0.850. The van der Waals surface area contributed by atoms with E-state index < -0.39 is 0 Å². The summed E-state index contributed by atoms with van der Waals surface area (Å²) in [5.41, 5.74) is 1.55. The number of fused-ring (bicyclic) bond motifs is 5. The molecule has 2 heteroatoms. The minimum absolute atomic E-state index is 0.0790. The van der Waals surface area contributed by atoms with Gasteiger partial charge in [0.15, 0.2) is 0 Å². The van der Waals surface area contributed by atoms with Crippen LogP contribution in [-0.4, -0.2) is 17.0 Å². The third-order valence-electron chi connectivity index (χ3n) is 8.28. The van der Waals surface area contributed by atoms with Crippen LogP contribution in [0.2, 0.25) is 0 Å². The normalized spacial score (nSPS) is 54.6. The second-order valence-corrected chi connectivity index (χ2v) is 9.16. The van der Waals surface area contributed by atoms with Crippen LogP contribution in [-0.2, 0) is 4.79 Å². The Labute approximate surface area is 134 Å². The summed E-state index contributed by atoms with van der Waals surface area (Å²) in [7, 11) is 0. The summed E-state index contributed by atoms with van der Waals surface area (Å²) in [4.78, 5) is 13.2. The van der Waals surface area contributed by atoms with E-state index in [1.54, 1.807) is 0 Å². The van der Waals surface area contributed by atoms with Gasteiger partial charge in [-0.2, -0.15) is 0 Å². The van der Waals surface area contributed by atoms with Gasteiger partial charge in [-0.15, -0.1) is 0 Å². The minimum atomic E-state index is -0.134. The maximum atomic E-state index is 13.2.